The second-order valence-corrected chi connectivity index (χ2v) is 6.39. The summed E-state index contributed by atoms with van der Waals surface area (Å²) in [7, 11) is 1.60. The van der Waals surface area contributed by atoms with E-state index in [1.807, 2.05) is 33.8 Å². The maximum Gasteiger partial charge on any atom is 0.325 e. The van der Waals surface area contributed by atoms with Gasteiger partial charge in [-0.05, 0) is 51.8 Å². The van der Waals surface area contributed by atoms with Gasteiger partial charge in [0.25, 0.3) is 0 Å². The van der Waals surface area contributed by atoms with Gasteiger partial charge < -0.3 is 15.4 Å². The Labute approximate surface area is 137 Å². The molecule has 1 rings (SSSR count). The van der Waals surface area contributed by atoms with E-state index in [-0.39, 0.29) is 24.4 Å². The van der Waals surface area contributed by atoms with Gasteiger partial charge >= 0.3 is 5.97 Å². The summed E-state index contributed by atoms with van der Waals surface area (Å²) in [5, 5.41) is 6.00. The molecule has 1 aromatic rings. The number of guanidine groups is 1. The monoisotopic (exact) mass is 323 g/mol. The molecule has 1 aromatic carbocycles. The van der Waals surface area contributed by atoms with Crippen molar-refractivity contribution in [1.82, 2.24) is 10.6 Å². The molecule has 0 bridgehead atoms. The van der Waals surface area contributed by atoms with Crippen molar-refractivity contribution < 1.29 is 13.9 Å². The maximum absolute atomic E-state index is 13.6. The van der Waals surface area contributed by atoms with E-state index < -0.39 is 5.60 Å². The van der Waals surface area contributed by atoms with Crippen LogP contribution in [0.2, 0.25) is 0 Å². The van der Waals surface area contributed by atoms with Crippen LogP contribution >= 0.6 is 0 Å². The number of rotatable bonds is 4. The lowest BCUT2D eigenvalue weighted by atomic mass is 10.1. The predicted molar refractivity (Wildman–Crippen MR) is 89.9 cm³/mol. The van der Waals surface area contributed by atoms with Gasteiger partial charge in [0.05, 0.1) is 6.04 Å². The number of aryl methyl sites for hydroxylation is 1. The molecule has 0 aliphatic carbocycles. The standard InChI is InChI=1S/C17H26FN3O2/c1-11-7-8-13(9-14(11)18)12(2)21-16(19-6)20-10-15(22)23-17(3,4)5/h7-9,12H,10H2,1-6H3,(H2,19,20,21). The van der Waals surface area contributed by atoms with Crippen molar-refractivity contribution in [1.29, 1.82) is 0 Å². The molecular formula is C17H26FN3O2. The lowest BCUT2D eigenvalue weighted by Gasteiger charge is -2.21. The maximum atomic E-state index is 13.6. The van der Waals surface area contributed by atoms with Crippen LogP contribution in [0.25, 0.3) is 0 Å². The molecule has 0 fully saturated rings. The zero-order valence-corrected chi connectivity index (χ0v) is 14.7. The fourth-order valence-electron chi connectivity index (χ4n) is 1.89. The molecule has 0 heterocycles. The number of carbonyl (C=O) groups is 1. The number of nitrogens with zero attached hydrogens (tertiary/aromatic N) is 1. The van der Waals surface area contributed by atoms with Crippen molar-refractivity contribution >= 4 is 11.9 Å². The van der Waals surface area contributed by atoms with Gasteiger partial charge in [-0.25, -0.2) is 4.39 Å². The molecule has 1 atom stereocenters. The van der Waals surface area contributed by atoms with Crippen molar-refractivity contribution in [2.45, 2.75) is 46.3 Å². The summed E-state index contributed by atoms with van der Waals surface area (Å²) in [4.78, 5) is 15.8. The van der Waals surface area contributed by atoms with Crippen LogP contribution in [0.1, 0.15) is 44.9 Å². The Kier molecular flexibility index (Phi) is 6.54. The van der Waals surface area contributed by atoms with Crippen molar-refractivity contribution in [2.24, 2.45) is 4.99 Å². The third-order valence-corrected chi connectivity index (χ3v) is 3.09. The summed E-state index contributed by atoms with van der Waals surface area (Å²) in [5.41, 5.74) is 0.879. The largest absolute Gasteiger partial charge is 0.459 e. The molecule has 0 amide bonds. The van der Waals surface area contributed by atoms with Gasteiger partial charge in [-0.3, -0.25) is 9.79 Å². The van der Waals surface area contributed by atoms with Gasteiger partial charge in [-0.2, -0.15) is 0 Å². The fraction of sp³-hybridized carbons (Fsp3) is 0.529. The van der Waals surface area contributed by atoms with Crippen molar-refractivity contribution in [3.05, 3.63) is 35.1 Å². The first-order valence-corrected chi connectivity index (χ1v) is 7.57. The quantitative estimate of drug-likeness (QED) is 0.508. The van der Waals surface area contributed by atoms with Crippen molar-refractivity contribution in [2.75, 3.05) is 13.6 Å². The Morgan fingerprint density at radius 1 is 1.39 bits per heavy atom. The van der Waals surface area contributed by atoms with Crippen molar-refractivity contribution in [3.63, 3.8) is 0 Å². The molecule has 2 N–H and O–H groups in total. The summed E-state index contributed by atoms with van der Waals surface area (Å²) < 4.78 is 18.9. The second-order valence-electron chi connectivity index (χ2n) is 6.39. The minimum atomic E-state index is -0.525. The summed E-state index contributed by atoms with van der Waals surface area (Å²) in [5.74, 6) is -0.160. The van der Waals surface area contributed by atoms with E-state index in [9.17, 15) is 9.18 Å². The van der Waals surface area contributed by atoms with Crippen LogP contribution in [-0.2, 0) is 9.53 Å². The minimum absolute atomic E-state index is 0.00588. The topological polar surface area (TPSA) is 62.7 Å². The van der Waals surface area contributed by atoms with E-state index >= 15 is 0 Å². The molecule has 0 aliphatic heterocycles. The Balaban J connectivity index is 2.59. The minimum Gasteiger partial charge on any atom is -0.459 e. The zero-order valence-electron chi connectivity index (χ0n) is 14.7. The summed E-state index contributed by atoms with van der Waals surface area (Å²) >= 11 is 0. The van der Waals surface area contributed by atoms with Crippen LogP contribution < -0.4 is 10.6 Å². The van der Waals surface area contributed by atoms with Gasteiger partial charge in [-0.1, -0.05) is 12.1 Å². The molecule has 0 aromatic heterocycles. The Morgan fingerprint density at radius 3 is 2.57 bits per heavy atom. The van der Waals surface area contributed by atoms with E-state index in [4.69, 9.17) is 4.74 Å². The van der Waals surface area contributed by atoms with Crippen LogP contribution in [0.15, 0.2) is 23.2 Å². The number of carbonyl (C=O) groups excluding carboxylic acids is 1. The van der Waals surface area contributed by atoms with Crippen LogP contribution in [0.5, 0.6) is 0 Å². The highest BCUT2D eigenvalue weighted by molar-refractivity contribution is 5.84. The molecule has 0 saturated heterocycles. The molecule has 6 heteroatoms. The molecular weight excluding hydrogens is 297 g/mol. The number of benzene rings is 1. The number of nitrogens with one attached hydrogen (secondary N) is 2. The van der Waals surface area contributed by atoms with Crippen LogP contribution in [0.3, 0.4) is 0 Å². The normalized spacial score (nSPS) is 13.4. The number of ether oxygens (including phenoxy) is 1. The lowest BCUT2D eigenvalue weighted by Crippen LogP contribution is -2.42. The first kappa shape index (κ1) is 18.9. The molecule has 1 unspecified atom stereocenters. The fourth-order valence-corrected chi connectivity index (χ4v) is 1.89. The summed E-state index contributed by atoms with van der Waals surface area (Å²) in [6.07, 6.45) is 0. The average Bonchev–Trinajstić information content (AvgIpc) is 2.44. The van der Waals surface area contributed by atoms with Gasteiger partial charge in [0.1, 0.15) is 18.0 Å². The van der Waals surface area contributed by atoms with Gasteiger partial charge in [0, 0.05) is 7.05 Å². The van der Waals surface area contributed by atoms with E-state index in [0.717, 1.165) is 5.56 Å². The number of hydrogen-bond donors (Lipinski definition) is 2. The van der Waals surface area contributed by atoms with Gasteiger partial charge in [-0.15, -0.1) is 0 Å². The zero-order chi connectivity index (χ0) is 17.6. The van der Waals surface area contributed by atoms with E-state index in [2.05, 4.69) is 15.6 Å². The molecule has 0 radical (unpaired) electrons. The lowest BCUT2D eigenvalue weighted by molar-refractivity contribution is -0.153. The average molecular weight is 323 g/mol. The van der Waals surface area contributed by atoms with E-state index in [1.165, 1.54) is 6.07 Å². The van der Waals surface area contributed by atoms with Gasteiger partial charge in [0.2, 0.25) is 0 Å². The molecule has 23 heavy (non-hydrogen) atoms. The number of halogens is 1. The molecule has 128 valence electrons. The molecule has 0 aliphatic rings. The van der Waals surface area contributed by atoms with Crippen molar-refractivity contribution in [3.8, 4) is 0 Å². The SMILES string of the molecule is CN=C(NCC(=O)OC(C)(C)C)NC(C)c1ccc(C)c(F)c1. The highest BCUT2D eigenvalue weighted by atomic mass is 19.1. The summed E-state index contributed by atoms with van der Waals surface area (Å²) in [6, 6.07) is 4.93. The Hall–Kier alpha value is -2.11. The highest BCUT2D eigenvalue weighted by Crippen LogP contribution is 2.16. The van der Waals surface area contributed by atoms with Crippen LogP contribution in [0, 0.1) is 12.7 Å². The molecule has 5 nitrogen and oxygen atoms in total. The first-order valence-electron chi connectivity index (χ1n) is 7.57. The predicted octanol–water partition coefficient (Wildman–Crippen LogP) is 2.70. The van der Waals surface area contributed by atoms with E-state index in [0.29, 0.717) is 11.5 Å². The molecule has 0 spiro atoms. The Bertz CT molecular complexity index is 580. The summed E-state index contributed by atoms with van der Waals surface area (Å²) in [6.45, 7) is 9.05. The third-order valence-electron chi connectivity index (χ3n) is 3.09. The van der Waals surface area contributed by atoms with Crippen LogP contribution in [-0.4, -0.2) is 31.1 Å². The van der Waals surface area contributed by atoms with E-state index in [1.54, 1.807) is 20.0 Å². The third kappa shape index (κ3) is 6.67. The van der Waals surface area contributed by atoms with Crippen LogP contribution in [0.4, 0.5) is 4.39 Å². The number of esters is 1. The van der Waals surface area contributed by atoms with Gasteiger partial charge in [0.15, 0.2) is 5.96 Å². The Morgan fingerprint density at radius 2 is 2.04 bits per heavy atom. The molecule has 0 saturated carbocycles. The smallest absolute Gasteiger partial charge is 0.325 e. The second kappa shape index (κ2) is 7.94. The number of hydrogen-bond acceptors (Lipinski definition) is 3. The first-order chi connectivity index (χ1) is 10.6. The highest BCUT2D eigenvalue weighted by Gasteiger charge is 2.17. The number of aliphatic imine (C=N–C) groups is 1.